The molecule has 0 spiro atoms. The summed E-state index contributed by atoms with van der Waals surface area (Å²) in [5.74, 6) is 2.04. The zero-order valence-corrected chi connectivity index (χ0v) is 17.8. The Morgan fingerprint density at radius 1 is 1.06 bits per heavy atom. The van der Waals surface area contributed by atoms with Crippen LogP contribution in [0, 0.1) is 0 Å². The fourth-order valence-electron chi connectivity index (χ4n) is 3.51. The maximum Gasteiger partial charge on any atom is 0.228 e. The van der Waals surface area contributed by atoms with Gasteiger partial charge >= 0.3 is 0 Å². The van der Waals surface area contributed by atoms with Gasteiger partial charge in [-0.2, -0.15) is 0 Å². The summed E-state index contributed by atoms with van der Waals surface area (Å²) in [6.45, 7) is 2.07. The molecule has 0 aliphatic heterocycles. The second-order valence-corrected chi connectivity index (χ2v) is 7.02. The SMILES string of the molecule is CCc1nc2cccnc2n1-c1ccc(CC(=O)Nc2ccc(OC)cc2OC)cc1. The number of hydrogen-bond donors (Lipinski definition) is 1. The highest BCUT2D eigenvalue weighted by Gasteiger charge is 2.13. The normalized spacial score (nSPS) is 10.8. The number of carbonyl (C=O) groups excluding carboxylic acids is 1. The van der Waals surface area contributed by atoms with E-state index >= 15 is 0 Å². The number of nitrogens with zero attached hydrogens (tertiary/aromatic N) is 3. The van der Waals surface area contributed by atoms with Crippen LogP contribution in [0.3, 0.4) is 0 Å². The summed E-state index contributed by atoms with van der Waals surface area (Å²) in [7, 11) is 3.14. The van der Waals surface area contributed by atoms with Crippen LogP contribution in [0.5, 0.6) is 11.5 Å². The molecule has 0 saturated heterocycles. The smallest absolute Gasteiger partial charge is 0.228 e. The van der Waals surface area contributed by atoms with E-state index in [0.717, 1.165) is 34.7 Å². The molecule has 31 heavy (non-hydrogen) atoms. The first-order chi connectivity index (χ1) is 15.1. The molecule has 0 saturated carbocycles. The van der Waals surface area contributed by atoms with E-state index in [4.69, 9.17) is 9.47 Å². The van der Waals surface area contributed by atoms with Crippen LogP contribution in [-0.2, 0) is 17.6 Å². The summed E-state index contributed by atoms with van der Waals surface area (Å²) in [5, 5.41) is 2.90. The summed E-state index contributed by atoms with van der Waals surface area (Å²) in [5.41, 5.74) is 4.18. The van der Waals surface area contributed by atoms with Crippen LogP contribution in [-0.4, -0.2) is 34.7 Å². The average Bonchev–Trinajstić information content (AvgIpc) is 3.18. The largest absolute Gasteiger partial charge is 0.497 e. The van der Waals surface area contributed by atoms with Gasteiger partial charge in [0.25, 0.3) is 0 Å². The predicted molar refractivity (Wildman–Crippen MR) is 120 cm³/mol. The minimum atomic E-state index is -0.125. The van der Waals surface area contributed by atoms with E-state index in [2.05, 4.69) is 26.8 Å². The minimum Gasteiger partial charge on any atom is -0.497 e. The molecule has 0 fully saturated rings. The van der Waals surface area contributed by atoms with E-state index in [1.165, 1.54) is 0 Å². The number of rotatable bonds is 7. The lowest BCUT2D eigenvalue weighted by Crippen LogP contribution is -2.15. The second kappa shape index (κ2) is 8.87. The van der Waals surface area contributed by atoms with Gasteiger partial charge in [-0.1, -0.05) is 19.1 Å². The molecule has 7 heteroatoms. The molecule has 0 atom stereocenters. The molecule has 0 radical (unpaired) electrons. The van der Waals surface area contributed by atoms with Gasteiger partial charge in [-0.25, -0.2) is 9.97 Å². The van der Waals surface area contributed by atoms with Crippen molar-refractivity contribution in [2.24, 2.45) is 0 Å². The third-order valence-electron chi connectivity index (χ3n) is 5.04. The van der Waals surface area contributed by atoms with Crippen LogP contribution in [0.25, 0.3) is 16.9 Å². The lowest BCUT2D eigenvalue weighted by Gasteiger charge is -2.12. The molecule has 0 unspecified atom stereocenters. The topological polar surface area (TPSA) is 78.3 Å². The number of fused-ring (bicyclic) bond motifs is 1. The van der Waals surface area contributed by atoms with Crippen molar-refractivity contribution in [1.82, 2.24) is 14.5 Å². The van der Waals surface area contributed by atoms with E-state index in [-0.39, 0.29) is 12.3 Å². The summed E-state index contributed by atoms with van der Waals surface area (Å²) in [6, 6.07) is 17.0. The molecule has 158 valence electrons. The van der Waals surface area contributed by atoms with Crippen molar-refractivity contribution in [3.63, 3.8) is 0 Å². The van der Waals surface area contributed by atoms with E-state index in [9.17, 15) is 4.79 Å². The summed E-state index contributed by atoms with van der Waals surface area (Å²) >= 11 is 0. The van der Waals surface area contributed by atoms with E-state index < -0.39 is 0 Å². The van der Waals surface area contributed by atoms with Crippen molar-refractivity contribution < 1.29 is 14.3 Å². The lowest BCUT2D eigenvalue weighted by atomic mass is 10.1. The van der Waals surface area contributed by atoms with E-state index in [1.807, 2.05) is 36.4 Å². The van der Waals surface area contributed by atoms with Crippen molar-refractivity contribution in [2.75, 3.05) is 19.5 Å². The van der Waals surface area contributed by atoms with Crippen LogP contribution in [0.4, 0.5) is 5.69 Å². The molecule has 0 bridgehead atoms. The molecule has 1 amide bonds. The minimum absolute atomic E-state index is 0.125. The highest BCUT2D eigenvalue weighted by atomic mass is 16.5. The van der Waals surface area contributed by atoms with Gasteiger partial charge in [0.1, 0.15) is 22.8 Å². The van der Waals surface area contributed by atoms with Gasteiger partial charge in [-0.15, -0.1) is 0 Å². The van der Waals surface area contributed by atoms with E-state index in [0.29, 0.717) is 17.2 Å². The first-order valence-electron chi connectivity index (χ1n) is 10.1. The summed E-state index contributed by atoms with van der Waals surface area (Å²) in [6.07, 6.45) is 2.81. The van der Waals surface area contributed by atoms with Crippen molar-refractivity contribution in [3.8, 4) is 17.2 Å². The maximum absolute atomic E-state index is 12.6. The lowest BCUT2D eigenvalue weighted by molar-refractivity contribution is -0.115. The molecule has 4 aromatic rings. The second-order valence-electron chi connectivity index (χ2n) is 7.02. The Hall–Kier alpha value is -3.87. The summed E-state index contributed by atoms with van der Waals surface area (Å²) < 4.78 is 12.6. The molecular weight excluding hydrogens is 392 g/mol. The quantitative estimate of drug-likeness (QED) is 0.489. The molecule has 0 aliphatic carbocycles. The number of aryl methyl sites for hydroxylation is 1. The Morgan fingerprint density at radius 3 is 2.58 bits per heavy atom. The van der Waals surface area contributed by atoms with Crippen LogP contribution >= 0.6 is 0 Å². The van der Waals surface area contributed by atoms with Gasteiger partial charge in [0.2, 0.25) is 5.91 Å². The number of carbonyl (C=O) groups is 1. The molecule has 7 nitrogen and oxygen atoms in total. The van der Waals surface area contributed by atoms with Crippen molar-refractivity contribution >= 4 is 22.8 Å². The number of aromatic nitrogens is 3. The fraction of sp³-hybridized carbons (Fsp3) is 0.208. The predicted octanol–water partition coefficient (Wildman–Crippen LogP) is 4.18. The third kappa shape index (κ3) is 4.21. The number of pyridine rings is 1. The summed E-state index contributed by atoms with van der Waals surface area (Å²) in [4.78, 5) is 21.7. The molecule has 1 N–H and O–H groups in total. The highest BCUT2D eigenvalue weighted by Crippen LogP contribution is 2.29. The zero-order valence-electron chi connectivity index (χ0n) is 17.8. The third-order valence-corrected chi connectivity index (χ3v) is 5.04. The number of hydrogen-bond acceptors (Lipinski definition) is 5. The van der Waals surface area contributed by atoms with Gasteiger partial charge in [-0.05, 0) is 42.0 Å². The van der Waals surface area contributed by atoms with Gasteiger partial charge in [0.05, 0.1) is 26.3 Å². The number of ether oxygens (including phenoxy) is 2. The van der Waals surface area contributed by atoms with Crippen LogP contribution in [0.1, 0.15) is 18.3 Å². The Bertz CT molecular complexity index is 1220. The van der Waals surface area contributed by atoms with Crippen LogP contribution in [0.15, 0.2) is 60.8 Å². The zero-order chi connectivity index (χ0) is 21.8. The number of methoxy groups -OCH3 is 2. The average molecular weight is 416 g/mol. The number of benzene rings is 2. The molecular formula is C24H24N4O3. The molecule has 2 aromatic heterocycles. The molecule has 0 aliphatic rings. The van der Waals surface area contributed by atoms with Crippen molar-refractivity contribution in [2.45, 2.75) is 19.8 Å². The van der Waals surface area contributed by atoms with Crippen LogP contribution in [0.2, 0.25) is 0 Å². The Kier molecular flexibility index (Phi) is 5.84. The highest BCUT2D eigenvalue weighted by molar-refractivity contribution is 5.93. The molecule has 2 heterocycles. The number of imidazole rings is 1. The van der Waals surface area contributed by atoms with Gasteiger partial charge in [0.15, 0.2) is 5.65 Å². The van der Waals surface area contributed by atoms with Crippen LogP contribution < -0.4 is 14.8 Å². The monoisotopic (exact) mass is 416 g/mol. The van der Waals surface area contributed by atoms with Gasteiger partial charge < -0.3 is 14.8 Å². The Morgan fingerprint density at radius 2 is 1.87 bits per heavy atom. The standard InChI is InChI=1S/C24H24N4O3/c1-4-22-26-20-6-5-13-25-24(20)28(22)17-9-7-16(8-10-17)14-23(29)27-19-12-11-18(30-2)15-21(19)31-3/h5-13,15H,4,14H2,1-3H3,(H,27,29). The molecule has 2 aromatic carbocycles. The van der Waals surface area contributed by atoms with E-state index in [1.54, 1.807) is 38.6 Å². The van der Waals surface area contributed by atoms with Crippen molar-refractivity contribution in [3.05, 3.63) is 72.2 Å². The van der Waals surface area contributed by atoms with Gasteiger partial charge in [-0.3, -0.25) is 9.36 Å². The number of amides is 1. The Balaban J connectivity index is 1.51. The first-order valence-corrected chi connectivity index (χ1v) is 10.1. The number of nitrogens with one attached hydrogen (secondary N) is 1. The number of anilines is 1. The maximum atomic E-state index is 12.6. The fourth-order valence-corrected chi connectivity index (χ4v) is 3.51. The molecule has 4 rings (SSSR count). The Labute approximate surface area is 180 Å². The van der Waals surface area contributed by atoms with Crippen molar-refractivity contribution in [1.29, 1.82) is 0 Å². The van der Waals surface area contributed by atoms with Gasteiger partial charge in [0, 0.05) is 24.4 Å². The first kappa shape index (κ1) is 20.4.